The molecule has 0 bridgehead atoms. The molecule has 4 aliphatic rings. The highest BCUT2D eigenvalue weighted by Gasteiger charge is 2.55. The number of fused-ring (bicyclic) bond motifs is 4. The minimum Gasteiger partial charge on any atom is -0.410 e. The fourth-order valence-electron chi connectivity index (χ4n) is 7.35. The number of aromatic nitrogens is 2. The molecule has 6 rings (SSSR count). The van der Waals surface area contributed by atoms with Gasteiger partial charge in [-0.1, -0.05) is 47.1 Å². The van der Waals surface area contributed by atoms with Crippen LogP contribution in [-0.2, 0) is 32.1 Å². The Morgan fingerprint density at radius 2 is 1.71 bits per heavy atom. The maximum atomic E-state index is 13.4. The van der Waals surface area contributed by atoms with E-state index >= 15 is 0 Å². The van der Waals surface area contributed by atoms with Gasteiger partial charge >= 0.3 is 6.18 Å². The predicted octanol–water partition coefficient (Wildman–Crippen LogP) is 8.92. The van der Waals surface area contributed by atoms with E-state index in [4.69, 9.17) is 18.9 Å². The molecule has 0 amide bonds. The molecule has 1 saturated carbocycles. The SMILES string of the molecule is CC(C)c1nc2c(c3c1C(c1ccc(C(F)(F)F)nc1)OC31CCOCC1)C(O[Si](C)(C)C(C)(C)C)CC1(CCC1)C2. The first kappa shape index (κ1) is 30.2. The lowest BCUT2D eigenvalue weighted by Crippen LogP contribution is -2.47. The van der Waals surface area contributed by atoms with Crippen LogP contribution >= 0.6 is 0 Å². The van der Waals surface area contributed by atoms with Crippen LogP contribution in [-0.4, -0.2) is 31.5 Å². The van der Waals surface area contributed by atoms with Crippen molar-refractivity contribution in [3.05, 3.63) is 57.7 Å². The Balaban J connectivity index is 1.58. The summed E-state index contributed by atoms with van der Waals surface area (Å²) in [5.74, 6) is 0.117. The van der Waals surface area contributed by atoms with E-state index in [1.165, 1.54) is 42.7 Å². The topological polar surface area (TPSA) is 53.5 Å². The molecule has 2 spiro atoms. The second kappa shape index (κ2) is 10.1. The number of rotatable bonds is 4. The van der Waals surface area contributed by atoms with Crippen molar-refractivity contribution >= 4 is 8.32 Å². The second-order valence-electron chi connectivity index (χ2n) is 15.0. The van der Waals surface area contributed by atoms with Gasteiger partial charge in [0.1, 0.15) is 11.8 Å². The summed E-state index contributed by atoms with van der Waals surface area (Å²) < 4.78 is 60.5. The molecule has 2 aliphatic carbocycles. The van der Waals surface area contributed by atoms with E-state index in [2.05, 4.69) is 52.7 Å². The maximum absolute atomic E-state index is 13.4. The third-order valence-electron chi connectivity index (χ3n) is 10.8. The molecule has 1 saturated heterocycles. The zero-order chi connectivity index (χ0) is 30.3. The van der Waals surface area contributed by atoms with E-state index < -0.39 is 31.9 Å². The van der Waals surface area contributed by atoms with Gasteiger partial charge in [-0.25, -0.2) is 0 Å². The highest BCUT2D eigenvalue weighted by atomic mass is 28.4. The highest BCUT2D eigenvalue weighted by molar-refractivity contribution is 6.74. The van der Waals surface area contributed by atoms with Crippen LogP contribution in [0.25, 0.3) is 0 Å². The normalized spacial score (nSPS) is 25.0. The molecule has 230 valence electrons. The van der Waals surface area contributed by atoms with Crippen molar-refractivity contribution in [2.24, 2.45) is 5.41 Å². The first-order chi connectivity index (χ1) is 19.6. The van der Waals surface area contributed by atoms with Crippen molar-refractivity contribution < 1.29 is 27.1 Å². The van der Waals surface area contributed by atoms with Gasteiger partial charge < -0.3 is 13.9 Å². The molecule has 9 heteroatoms. The number of hydrogen-bond acceptors (Lipinski definition) is 5. The van der Waals surface area contributed by atoms with E-state index in [1.54, 1.807) is 0 Å². The standard InChI is InChI=1S/C33H45F3N2O3Si/c1-20(2)28-26-27(25-22(38-28)17-31(11-8-12-31)18-23(25)41-42(6,7)30(3,4)5)32(13-15-39-16-14-32)40-29(26)21-9-10-24(37-19-21)33(34,35)36/h9-10,19-20,23,29H,8,11-18H2,1-7H3. The second-order valence-corrected chi connectivity index (χ2v) is 19.7. The van der Waals surface area contributed by atoms with Gasteiger partial charge in [-0.05, 0) is 66.8 Å². The van der Waals surface area contributed by atoms with Crippen LogP contribution in [0.15, 0.2) is 18.3 Å². The van der Waals surface area contributed by atoms with Crippen molar-refractivity contribution in [2.45, 2.75) is 128 Å². The summed E-state index contributed by atoms with van der Waals surface area (Å²) in [5, 5.41) is 0.0488. The van der Waals surface area contributed by atoms with Crippen LogP contribution in [0.3, 0.4) is 0 Å². The molecule has 2 atom stereocenters. The van der Waals surface area contributed by atoms with Gasteiger partial charge in [0.05, 0.1) is 11.7 Å². The Labute approximate surface area is 249 Å². The van der Waals surface area contributed by atoms with Crippen molar-refractivity contribution in [2.75, 3.05) is 13.2 Å². The quantitative estimate of drug-likeness (QED) is 0.327. The molecule has 5 nitrogen and oxygen atoms in total. The summed E-state index contributed by atoms with van der Waals surface area (Å²) >= 11 is 0. The van der Waals surface area contributed by atoms with Crippen LogP contribution in [0, 0.1) is 5.41 Å². The van der Waals surface area contributed by atoms with Crippen molar-refractivity contribution in [1.29, 1.82) is 0 Å². The fourth-order valence-corrected chi connectivity index (χ4v) is 8.62. The van der Waals surface area contributed by atoms with E-state index in [0.717, 1.165) is 35.9 Å². The number of hydrogen-bond donors (Lipinski definition) is 0. The summed E-state index contributed by atoms with van der Waals surface area (Å²) in [5.41, 5.74) is 4.89. The first-order valence-electron chi connectivity index (χ1n) is 15.6. The molecule has 2 unspecified atom stereocenters. The molecule has 2 aromatic rings. The van der Waals surface area contributed by atoms with Gasteiger partial charge in [0.2, 0.25) is 0 Å². The molecular formula is C33H45F3N2O3Si. The molecule has 0 N–H and O–H groups in total. The van der Waals surface area contributed by atoms with Crippen LogP contribution in [0.1, 0.15) is 131 Å². The van der Waals surface area contributed by atoms with Crippen molar-refractivity contribution in [3.8, 4) is 0 Å². The summed E-state index contributed by atoms with van der Waals surface area (Å²) in [6.07, 6.45) is 3.19. The van der Waals surface area contributed by atoms with Gasteiger partial charge in [-0.2, -0.15) is 13.2 Å². The number of alkyl halides is 3. The van der Waals surface area contributed by atoms with Gasteiger partial charge in [-0.3, -0.25) is 9.97 Å². The molecule has 0 radical (unpaired) electrons. The third-order valence-corrected chi connectivity index (χ3v) is 15.3. The average molecular weight is 603 g/mol. The lowest BCUT2D eigenvalue weighted by Gasteiger charge is -2.51. The van der Waals surface area contributed by atoms with Gasteiger partial charge in [-0.15, -0.1) is 0 Å². The Bertz CT molecular complexity index is 1340. The Morgan fingerprint density at radius 3 is 2.24 bits per heavy atom. The third kappa shape index (κ3) is 4.96. The Kier molecular flexibility index (Phi) is 7.27. The summed E-state index contributed by atoms with van der Waals surface area (Å²) in [6, 6.07) is 2.59. The lowest BCUT2D eigenvalue weighted by molar-refractivity contribution is -0.141. The minimum atomic E-state index is -4.50. The van der Waals surface area contributed by atoms with Gasteiger partial charge in [0.15, 0.2) is 8.32 Å². The smallest absolute Gasteiger partial charge is 0.410 e. The zero-order valence-corrected chi connectivity index (χ0v) is 27.1. The molecule has 42 heavy (non-hydrogen) atoms. The summed E-state index contributed by atoms with van der Waals surface area (Å²) in [6.45, 7) is 16.9. The largest absolute Gasteiger partial charge is 0.433 e. The van der Waals surface area contributed by atoms with E-state index in [0.29, 0.717) is 31.6 Å². The molecule has 0 aromatic carbocycles. The first-order valence-corrected chi connectivity index (χ1v) is 18.5. The van der Waals surface area contributed by atoms with Gasteiger partial charge in [0.25, 0.3) is 0 Å². The maximum Gasteiger partial charge on any atom is 0.433 e. The highest BCUT2D eigenvalue weighted by Crippen LogP contribution is 2.61. The number of nitrogens with zero attached hydrogens (tertiary/aromatic N) is 2. The molecule has 2 fully saturated rings. The number of halogens is 3. The predicted molar refractivity (Wildman–Crippen MR) is 158 cm³/mol. The van der Waals surface area contributed by atoms with Crippen LogP contribution < -0.4 is 0 Å². The molecular weight excluding hydrogens is 557 g/mol. The summed E-state index contributed by atoms with van der Waals surface area (Å²) in [4.78, 5) is 9.26. The van der Waals surface area contributed by atoms with E-state index in [-0.39, 0.29) is 22.5 Å². The average Bonchev–Trinajstić information content (AvgIpc) is 3.20. The Hall–Kier alpha value is -1.81. The van der Waals surface area contributed by atoms with Gasteiger partial charge in [0, 0.05) is 60.3 Å². The number of pyridine rings is 2. The van der Waals surface area contributed by atoms with E-state index in [9.17, 15) is 13.2 Å². The lowest BCUT2D eigenvalue weighted by atomic mass is 9.58. The van der Waals surface area contributed by atoms with Crippen molar-refractivity contribution in [3.63, 3.8) is 0 Å². The molecule has 2 aromatic heterocycles. The van der Waals surface area contributed by atoms with Crippen molar-refractivity contribution in [1.82, 2.24) is 9.97 Å². The van der Waals surface area contributed by atoms with E-state index in [1.807, 2.05) is 0 Å². The van der Waals surface area contributed by atoms with Crippen LogP contribution in [0.5, 0.6) is 0 Å². The zero-order valence-electron chi connectivity index (χ0n) is 26.1. The van der Waals surface area contributed by atoms with Crippen LogP contribution in [0.2, 0.25) is 18.1 Å². The number of ether oxygens (including phenoxy) is 2. The van der Waals surface area contributed by atoms with Crippen LogP contribution in [0.4, 0.5) is 13.2 Å². The molecule has 2 aliphatic heterocycles. The fraction of sp³-hybridized carbons (Fsp3) is 0.697. The minimum absolute atomic E-state index is 0.0488. The molecule has 4 heterocycles. The monoisotopic (exact) mass is 602 g/mol. The Morgan fingerprint density at radius 1 is 1.02 bits per heavy atom. The summed E-state index contributed by atoms with van der Waals surface area (Å²) in [7, 11) is -2.16.